The number of anilines is 2. The first kappa shape index (κ1) is 25.8. The molecule has 186 valence electrons. The Bertz CT molecular complexity index is 1090. The number of sulfonamides is 1. The first-order chi connectivity index (χ1) is 16.2. The first-order valence-corrected chi connectivity index (χ1v) is 13.2. The van der Waals surface area contributed by atoms with Gasteiger partial charge in [-0.1, -0.05) is 19.1 Å². The summed E-state index contributed by atoms with van der Waals surface area (Å²) in [5.41, 5.74) is 3.13. The lowest BCUT2D eigenvalue weighted by molar-refractivity contribution is -0.116. The fourth-order valence-electron chi connectivity index (χ4n) is 3.89. The molecule has 0 bridgehead atoms. The average Bonchev–Trinajstić information content (AvgIpc) is 2.79. The quantitative estimate of drug-likeness (QED) is 0.417. The van der Waals surface area contributed by atoms with Gasteiger partial charge < -0.3 is 24.8 Å². The maximum atomic E-state index is 11.8. The zero-order valence-corrected chi connectivity index (χ0v) is 20.7. The third-order valence-corrected chi connectivity index (χ3v) is 6.25. The minimum absolute atomic E-state index is 0.0529. The van der Waals surface area contributed by atoms with Crippen molar-refractivity contribution in [1.29, 1.82) is 0 Å². The topological polar surface area (TPSA) is 117 Å². The molecule has 3 N–H and O–H groups in total. The molecule has 1 aliphatic heterocycles. The van der Waals surface area contributed by atoms with Crippen LogP contribution < -0.4 is 19.5 Å². The normalized spacial score (nSPS) is 14.3. The minimum atomic E-state index is -3.29. The van der Waals surface area contributed by atoms with Crippen molar-refractivity contribution in [3.63, 3.8) is 0 Å². The van der Waals surface area contributed by atoms with Gasteiger partial charge in [-0.2, -0.15) is 0 Å². The zero-order valence-electron chi connectivity index (χ0n) is 19.8. The smallest absolute Gasteiger partial charge is 0.229 e. The molecule has 10 heteroatoms. The van der Waals surface area contributed by atoms with Crippen LogP contribution in [0.15, 0.2) is 36.4 Å². The lowest BCUT2D eigenvalue weighted by Crippen LogP contribution is -2.37. The van der Waals surface area contributed by atoms with E-state index in [-0.39, 0.29) is 12.5 Å². The molecule has 0 saturated heterocycles. The number of likely N-dealkylation sites (N-methyl/N-ethyl adjacent to an activating group) is 1. The Kier molecular flexibility index (Phi) is 8.76. The van der Waals surface area contributed by atoms with Crippen LogP contribution in [-0.2, 0) is 27.7 Å². The number of carbonyl (C=O) groups excluding carboxylic acids is 1. The maximum Gasteiger partial charge on any atom is 0.229 e. The van der Waals surface area contributed by atoms with Crippen molar-refractivity contribution >= 4 is 27.3 Å². The zero-order chi connectivity index (χ0) is 24.7. The second-order valence-corrected chi connectivity index (χ2v) is 10.1. The molecular weight excluding hydrogens is 458 g/mol. The molecule has 0 saturated carbocycles. The van der Waals surface area contributed by atoms with Crippen LogP contribution in [0.5, 0.6) is 11.5 Å². The third-order valence-electron chi connectivity index (χ3n) is 5.64. The van der Waals surface area contributed by atoms with Gasteiger partial charge in [0.25, 0.3) is 0 Å². The summed E-state index contributed by atoms with van der Waals surface area (Å²) in [6.07, 6.45) is 2.15. The van der Waals surface area contributed by atoms with E-state index in [0.717, 1.165) is 36.9 Å². The second-order valence-electron chi connectivity index (χ2n) is 8.35. The standard InChI is InChI=1S/C24H33N3O6S/c1-4-27(14-13-17-5-7-18(8-6-17)26-34(3,30)31)15-19(28)16-33-21-10-11-22(32-2)24-20(21)9-12-23(29)25-24/h5-8,10-11,19,26,28H,4,9,12-16H2,1-3H3,(H,25,29). The van der Waals surface area contributed by atoms with E-state index < -0.39 is 16.1 Å². The Balaban J connectivity index is 1.51. The van der Waals surface area contributed by atoms with Crippen LogP contribution in [0.3, 0.4) is 0 Å². The highest BCUT2D eigenvalue weighted by Gasteiger charge is 2.23. The van der Waals surface area contributed by atoms with E-state index in [1.54, 1.807) is 25.3 Å². The molecule has 0 spiro atoms. The van der Waals surface area contributed by atoms with Crippen LogP contribution in [0.2, 0.25) is 0 Å². The largest absolute Gasteiger partial charge is 0.495 e. The molecule has 0 aromatic heterocycles. The summed E-state index contributed by atoms with van der Waals surface area (Å²) >= 11 is 0. The Morgan fingerprint density at radius 3 is 2.50 bits per heavy atom. The molecule has 0 radical (unpaired) electrons. The molecule has 1 aliphatic rings. The number of rotatable bonds is 12. The summed E-state index contributed by atoms with van der Waals surface area (Å²) in [4.78, 5) is 13.9. The van der Waals surface area contributed by atoms with Crippen molar-refractivity contribution in [3.05, 3.63) is 47.5 Å². The molecule has 34 heavy (non-hydrogen) atoms. The second kappa shape index (κ2) is 11.5. The van der Waals surface area contributed by atoms with Crippen LogP contribution in [0.25, 0.3) is 0 Å². The van der Waals surface area contributed by atoms with Gasteiger partial charge in [0.05, 0.1) is 19.1 Å². The van der Waals surface area contributed by atoms with Crippen molar-refractivity contribution in [2.75, 3.05) is 49.6 Å². The molecule has 1 amide bonds. The molecule has 1 heterocycles. The van der Waals surface area contributed by atoms with Gasteiger partial charge in [-0.05, 0) is 49.2 Å². The predicted molar refractivity (Wildman–Crippen MR) is 132 cm³/mol. The molecule has 3 rings (SSSR count). The third kappa shape index (κ3) is 7.34. The fourth-order valence-corrected chi connectivity index (χ4v) is 4.46. The van der Waals surface area contributed by atoms with E-state index in [1.165, 1.54) is 0 Å². The minimum Gasteiger partial charge on any atom is -0.495 e. The molecule has 2 aromatic rings. The van der Waals surface area contributed by atoms with E-state index >= 15 is 0 Å². The van der Waals surface area contributed by atoms with E-state index in [0.29, 0.717) is 42.3 Å². The van der Waals surface area contributed by atoms with Crippen molar-refractivity contribution in [2.24, 2.45) is 0 Å². The number of amides is 1. The number of hydrogen-bond acceptors (Lipinski definition) is 7. The number of benzene rings is 2. The summed E-state index contributed by atoms with van der Waals surface area (Å²) in [6, 6.07) is 10.8. The van der Waals surface area contributed by atoms with Crippen LogP contribution in [0.4, 0.5) is 11.4 Å². The van der Waals surface area contributed by atoms with Gasteiger partial charge in [-0.15, -0.1) is 0 Å². The number of aliphatic hydroxyl groups excluding tert-OH is 1. The van der Waals surface area contributed by atoms with E-state index in [4.69, 9.17) is 9.47 Å². The Hall–Kier alpha value is -2.82. The predicted octanol–water partition coefficient (Wildman–Crippen LogP) is 2.26. The Morgan fingerprint density at radius 2 is 1.85 bits per heavy atom. The maximum absolute atomic E-state index is 11.8. The van der Waals surface area contributed by atoms with Gasteiger partial charge in [0, 0.05) is 30.8 Å². The molecule has 1 unspecified atom stereocenters. The Labute approximate surface area is 201 Å². The fraction of sp³-hybridized carbons (Fsp3) is 0.458. The number of nitrogens with one attached hydrogen (secondary N) is 2. The highest BCUT2D eigenvalue weighted by Crippen LogP contribution is 2.38. The van der Waals surface area contributed by atoms with Crippen LogP contribution in [0, 0.1) is 0 Å². The number of methoxy groups -OCH3 is 1. The lowest BCUT2D eigenvalue weighted by atomic mass is 10.0. The van der Waals surface area contributed by atoms with Gasteiger partial charge in [0.15, 0.2) is 0 Å². The Morgan fingerprint density at radius 1 is 1.15 bits per heavy atom. The number of carbonyl (C=O) groups is 1. The molecule has 2 aromatic carbocycles. The van der Waals surface area contributed by atoms with Crippen LogP contribution >= 0.6 is 0 Å². The van der Waals surface area contributed by atoms with Gasteiger partial charge in [-0.25, -0.2) is 8.42 Å². The molecule has 1 atom stereocenters. The van der Waals surface area contributed by atoms with Gasteiger partial charge in [0.2, 0.25) is 15.9 Å². The number of ether oxygens (including phenoxy) is 2. The summed E-state index contributed by atoms with van der Waals surface area (Å²) in [5, 5.41) is 13.4. The van der Waals surface area contributed by atoms with Gasteiger partial charge in [0.1, 0.15) is 24.2 Å². The number of fused-ring (bicyclic) bond motifs is 1. The van der Waals surface area contributed by atoms with Crippen molar-refractivity contribution < 1.29 is 27.8 Å². The van der Waals surface area contributed by atoms with Crippen LogP contribution in [-0.4, -0.2) is 70.0 Å². The van der Waals surface area contributed by atoms with E-state index in [2.05, 4.69) is 14.9 Å². The first-order valence-electron chi connectivity index (χ1n) is 11.3. The van der Waals surface area contributed by atoms with E-state index in [1.807, 2.05) is 25.1 Å². The summed E-state index contributed by atoms with van der Waals surface area (Å²) < 4.78 is 36.4. The number of nitrogens with zero attached hydrogens (tertiary/aromatic N) is 1. The number of aliphatic hydroxyl groups is 1. The highest BCUT2D eigenvalue weighted by molar-refractivity contribution is 7.92. The lowest BCUT2D eigenvalue weighted by Gasteiger charge is -2.25. The number of hydrogen-bond donors (Lipinski definition) is 3. The average molecular weight is 492 g/mol. The van der Waals surface area contributed by atoms with Crippen LogP contribution in [0.1, 0.15) is 24.5 Å². The highest BCUT2D eigenvalue weighted by atomic mass is 32.2. The van der Waals surface area contributed by atoms with Crippen molar-refractivity contribution in [2.45, 2.75) is 32.3 Å². The monoisotopic (exact) mass is 491 g/mol. The molecule has 9 nitrogen and oxygen atoms in total. The summed E-state index contributed by atoms with van der Waals surface area (Å²) in [6.45, 7) is 4.15. The van der Waals surface area contributed by atoms with Crippen molar-refractivity contribution in [3.8, 4) is 11.5 Å². The molecule has 0 aliphatic carbocycles. The van der Waals surface area contributed by atoms with Gasteiger partial charge in [-0.3, -0.25) is 9.52 Å². The van der Waals surface area contributed by atoms with Gasteiger partial charge >= 0.3 is 0 Å². The summed E-state index contributed by atoms with van der Waals surface area (Å²) in [7, 11) is -1.74. The van der Waals surface area contributed by atoms with Crippen molar-refractivity contribution in [1.82, 2.24) is 4.90 Å². The van der Waals surface area contributed by atoms with E-state index in [9.17, 15) is 18.3 Å². The molecule has 0 fully saturated rings. The summed E-state index contributed by atoms with van der Waals surface area (Å²) in [5.74, 6) is 1.18. The SMILES string of the molecule is CCN(CCc1ccc(NS(C)(=O)=O)cc1)CC(O)COc1ccc(OC)c2c1CCC(=O)N2. The molecular formula is C24H33N3O6S.